The van der Waals surface area contributed by atoms with Crippen LogP contribution in [-0.4, -0.2) is 23.9 Å². The van der Waals surface area contributed by atoms with Crippen molar-refractivity contribution in [3.8, 4) is 0 Å². The van der Waals surface area contributed by atoms with E-state index in [4.69, 9.17) is 0 Å². The van der Waals surface area contributed by atoms with E-state index in [9.17, 15) is 0 Å². The minimum atomic E-state index is -0.0428. The first-order valence-corrected chi connectivity index (χ1v) is 12.1. The van der Waals surface area contributed by atoms with Gasteiger partial charge in [0.15, 0.2) is 5.71 Å². The number of benzene rings is 3. The van der Waals surface area contributed by atoms with E-state index >= 15 is 0 Å². The highest BCUT2D eigenvalue weighted by Gasteiger charge is 2.44. The zero-order chi connectivity index (χ0) is 23.5. The monoisotopic (exact) mass is 435 g/mol. The van der Waals surface area contributed by atoms with E-state index in [1.54, 1.807) is 0 Å². The predicted molar refractivity (Wildman–Crippen MR) is 142 cm³/mol. The molecule has 2 nitrogen and oxygen atoms in total. The van der Waals surface area contributed by atoms with Crippen LogP contribution in [0.1, 0.15) is 51.3 Å². The summed E-state index contributed by atoms with van der Waals surface area (Å²) in [6.07, 6.45) is 6.91. The van der Waals surface area contributed by atoms with Crippen LogP contribution in [0.3, 0.4) is 0 Å². The molecule has 0 spiro atoms. The SMILES string of the molecule is CCN1/C(=C/C=C/C2=[N+](C)c3c(ccc4ccccc34)C2(C)C)C(C)(C)c2cc(C)ccc21. The van der Waals surface area contributed by atoms with Crippen LogP contribution in [0.25, 0.3) is 10.8 Å². The maximum Gasteiger partial charge on any atom is 0.217 e. The van der Waals surface area contributed by atoms with E-state index < -0.39 is 0 Å². The number of hydrogen-bond acceptors (Lipinski definition) is 1. The van der Waals surface area contributed by atoms with Crippen molar-refractivity contribution in [1.29, 1.82) is 0 Å². The number of nitrogens with zero attached hydrogens (tertiary/aromatic N) is 2. The van der Waals surface area contributed by atoms with Crippen LogP contribution in [0.15, 0.2) is 78.5 Å². The smallest absolute Gasteiger partial charge is 0.217 e. The molecule has 0 fully saturated rings. The van der Waals surface area contributed by atoms with Crippen LogP contribution in [0.4, 0.5) is 11.4 Å². The molecule has 2 heterocycles. The standard InChI is InChI=1S/C31H35N2/c1-8-33-26-19-16-21(2)20-25(26)31(5,6)28(33)15-11-14-27-30(3,4)24-18-17-22-12-9-10-13-23(22)29(24)32(27)7/h9-20H,8H2,1-7H3/q+1. The largest absolute Gasteiger partial charge is 0.344 e. The quantitative estimate of drug-likeness (QED) is 0.388. The van der Waals surface area contributed by atoms with Gasteiger partial charge in [-0.15, -0.1) is 0 Å². The van der Waals surface area contributed by atoms with Gasteiger partial charge in [-0.05, 0) is 56.9 Å². The van der Waals surface area contributed by atoms with Gasteiger partial charge in [0, 0.05) is 35.0 Å². The number of anilines is 1. The van der Waals surface area contributed by atoms with Gasteiger partial charge in [0.1, 0.15) is 7.05 Å². The van der Waals surface area contributed by atoms with E-state index in [2.05, 4.69) is 131 Å². The molecule has 2 aliphatic heterocycles. The van der Waals surface area contributed by atoms with E-state index in [1.165, 1.54) is 50.2 Å². The molecule has 168 valence electrons. The fourth-order valence-electron chi connectivity index (χ4n) is 5.98. The number of rotatable bonds is 3. The summed E-state index contributed by atoms with van der Waals surface area (Å²) in [7, 11) is 2.21. The van der Waals surface area contributed by atoms with E-state index in [-0.39, 0.29) is 10.8 Å². The van der Waals surface area contributed by atoms with Gasteiger partial charge >= 0.3 is 0 Å². The molecule has 0 N–H and O–H groups in total. The maximum atomic E-state index is 2.47. The van der Waals surface area contributed by atoms with Crippen molar-refractivity contribution in [1.82, 2.24) is 0 Å². The minimum absolute atomic E-state index is 0.0113. The number of fused-ring (bicyclic) bond motifs is 4. The molecule has 0 saturated carbocycles. The topological polar surface area (TPSA) is 6.25 Å². The summed E-state index contributed by atoms with van der Waals surface area (Å²) >= 11 is 0. The predicted octanol–water partition coefficient (Wildman–Crippen LogP) is 7.41. The van der Waals surface area contributed by atoms with Crippen LogP contribution in [-0.2, 0) is 10.8 Å². The van der Waals surface area contributed by atoms with Crippen molar-refractivity contribution in [3.63, 3.8) is 0 Å². The zero-order valence-corrected chi connectivity index (χ0v) is 21.0. The molecule has 0 bridgehead atoms. The average molecular weight is 436 g/mol. The molecule has 33 heavy (non-hydrogen) atoms. The molecule has 2 heteroatoms. The lowest BCUT2D eigenvalue weighted by Gasteiger charge is -2.25. The van der Waals surface area contributed by atoms with Crippen molar-refractivity contribution < 1.29 is 4.58 Å². The van der Waals surface area contributed by atoms with E-state index in [0.29, 0.717) is 0 Å². The van der Waals surface area contributed by atoms with Gasteiger partial charge in [0.25, 0.3) is 0 Å². The zero-order valence-electron chi connectivity index (χ0n) is 21.0. The van der Waals surface area contributed by atoms with Gasteiger partial charge < -0.3 is 4.90 Å². The van der Waals surface area contributed by atoms with Crippen LogP contribution in [0.5, 0.6) is 0 Å². The first kappa shape index (κ1) is 21.7. The molecule has 0 aromatic heterocycles. The highest BCUT2D eigenvalue weighted by molar-refractivity contribution is 6.07. The molecule has 2 aliphatic rings. The number of allylic oxidation sites excluding steroid dienone is 4. The molecule has 0 saturated heterocycles. The summed E-state index contributed by atoms with van der Waals surface area (Å²) in [6, 6.07) is 20.1. The van der Waals surface area contributed by atoms with Gasteiger partial charge in [0.05, 0.1) is 10.8 Å². The molecule has 0 unspecified atom stereocenters. The summed E-state index contributed by atoms with van der Waals surface area (Å²) in [5.74, 6) is 0. The third kappa shape index (κ3) is 3.11. The first-order chi connectivity index (χ1) is 15.7. The lowest BCUT2D eigenvalue weighted by molar-refractivity contribution is -0.399. The normalized spacial score (nSPS) is 19.7. The Hall–Kier alpha value is -3.13. The highest BCUT2D eigenvalue weighted by atomic mass is 15.2. The van der Waals surface area contributed by atoms with Crippen molar-refractivity contribution in [3.05, 3.63) is 95.2 Å². The van der Waals surface area contributed by atoms with Crippen LogP contribution < -0.4 is 4.90 Å². The van der Waals surface area contributed by atoms with Crippen molar-refractivity contribution in [2.45, 2.75) is 52.4 Å². The molecule has 0 atom stereocenters. The maximum absolute atomic E-state index is 2.47. The summed E-state index contributed by atoms with van der Waals surface area (Å²) in [5, 5.41) is 2.62. The minimum Gasteiger partial charge on any atom is -0.344 e. The van der Waals surface area contributed by atoms with Gasteiger partial charge in [0.2, 0.25) is 5.69 Å². The van der Waals surface area contributed by atoms with Gasteiger partial charge in [-0.1, -0.05) is 68.0 Å². The van der Waals surface area contributed by atoms with E-state index in [0.717, 1.165) is 6.54 Å². The summed E-state index contributed by atoms with van der Waals surface area (Å²) < 4.78 is 2.39. The van der Waals surface area contributed by atoms with Crippen molar-refractivity contribution >= 4 is 27.9 Å². The van der Waals surface area contributed by atoms with Gasteiger partial charge in [-0.2, -0.15) is 4.58 Å². The molecular weight excluding hydrogens is 400 g/mol. The van der Waals surface area contributed by atoms with Gasteiger partial charge in [-0.3, -0.25) is 0 Å². The Morgan fingerprint density at radius 1 is 0.909 bits per heavy atom. The Morgan fingerprint density at radius 3 is 2.42 bits per heavy atom. The van der Waals surface area contributed by atoms with E-state index in [1.807, 2.05) is 0 Å². The summed E-state index contributed by atoms with van der Waals surface area (Å²) in [6.45, 7) is 14.8. The Bertz CT molecular complexity index is 1360. The molecule has 0 aliphatic carbocycles. The van der Waals surface area contributed by atoms with Crippen LogP contribution in [0, 0.1) is 6.92 Å². The van der Waals surface area contributed by atoms with Crippen LogP contribution >= 0.6 is 0 Å². The molecular formula is C31H35N2+. The molecule has 3 aromatic carbocycles. The van der Waals surface area contributed by atoms with Crippen molar-refractivity contribution in [2.75, 3.05) is 18.5 Å². The number of aryl methyl sites for hydroxylation is 1. The Kier molecular flexibility index (Phi) is 4.90. The average Bonchev–Trinajstić information content (AvgIpc) is 3.12. The van der Waals surface area contributed by atoms with Gasteiger partial charge in [-0.25, -0.2) is 0 Å². The highest BCUT2D eigenvalue weighted by Crippen LogP contribution is 2.48. The lowest BCUT2D eigenvalue weighted by atomic mass is 9.80. The number of likely N-dealkylation sites (N-methyl/N-ethyl adjacent to an activating group) is 1. The second-order valence-electron chi connectivity index (χ2n) is 10.6. The van der Waals surface area contributed by atoms with Crippen LogP contribution in [0.2, 0.25) is 0 Å². The fourth-order valence-corrected chi connectivity index (χ4v) is 5.98. The lowest BCUT2D eigenvalue weighted by Crippen LogP contribution is -2.27. The molecule has 3 aromatic rings. The summed E-state index contributed by atoms with van der Waals surface area (Å²) in [5.41, 5.74) is 9.47. The fraction of sp³-hybridized carbons (Fsp3) is 0.323. The first-order valence-electron chi connectivity index (χ1n) is 12.1. The Balaban J connectivity index is 1.58. The second kappa shape index (κ2) is 7.45. The Morgan fingerprint density at radius 2 is 1.67 bits per heavy atom. The molecule has 5 rings (SSSR count). The molecule has 0 radical (unpaired) electrons. The third-order valence-corrected chi connectivity index (χ3v) is 7.78. The Labute approximate surface area is 198 Å². The summed E-state index contributed by atoms with van der Waals surface area (Å²) in [4.78, 5) is 2.47. The molecule has 0 amide bonds. The number of hydrogen-bond donors (Lipinski definition) is 0. The van der Waals surface area contributed by atoms with Crippen molar-refractivity contribution in [2.24, 2.45) is 0 Å². The second-order valence-corrected chi connectivity index (χ2v) is 10.6. The third-order valence-electron chi connectivity index (χ3n) is 7.78.